The van der Waals surface area contributed by atoms with E-state index >= 15 is 0 Å². The molecule has 0 bridgehead atoms. The summed E-state index contributed by atoms with van der Waals surface area (Å²) in [5, 5.41) is 0.640. The summed E-state index contributed by atoms with van der Waals surface area (Å²) in [5.74, 6) is 0. The Kier molecular flexibility index (Phi) is 5.23. The lowest BCUT2D eigenvalue weighted by molar-refractivity contribution is 0.798. The van der Waals surface area contributed by atoms with Gasteiger partial charge in [0.2, 0.25) is 0 Å². The van der Waals surface area contributed by atoms with Crippen molar-refractivity contribution in [3.05, 3.63) is 60.5 Å². The SMILES string of the molecule is CC.Cn1c(=O)[nH]c(=O)c2c1[nH]c(=S)n2Cc1ccc(Cl)cc1. The Hall–Kier alpha value is -2.12. The van der Waals surface area contributed by atoms with E-state index in [0.717, 1.165) is 5.56 Å². The first-order valence-corrected chi connectivity index (χ1v) is 7.92. The number of aromatic nitrogens is 4. The second kappa shape index (κ2) is 6.97. The van der Waals surface area contributed by atoms with Crippen LogP contribution >= 0.6 is 23.8 Å². The number of rotatable bonds is 2. The fourth-order valence-electron chi connectivity index (χ4n) is 2.20. The van der Waals surface area contributed by atoms with Crippen molar-refractivity contribution < 1.29 is 0 Å². The van der Waals surface area contributed by atoms with E-state index in [9.17, 15) is 9.59 Å². The summed E-state index contributed by atoms with van der Waals surface area (Å²) in [6.07, 6.45) is 0. The molecule has 1 aromatic carbocycles. The fraction of sp³-hybridized carbons (Fsp3) is 0.267. The van der Waals surface area contributed by atoms with E-state index in [1.54, 1.807) is 23.7 Å². The Bertz CT molecular complexity index is 995. The average molecular weight is 353 g/mol. The van der Waals surface area contributed by atoms with E-state index in [0.29, 0.717) is 27.5 Å². The third kappa shape index (κ3) is 3.30. The number of hydrogen-bond donors (Lipinski definition) is 2. The maximum absolute atomic E-state index is 12.1. The lowest BCUT2D eigenvalue weighted by Gasteiger charge is -2.05. The highest BCUT2D eigenvalue weighted by Gasteiger charge is 2.12. The second-order valence-corrected chi connectivity index (χ2v) is 5.48. The van der Waals surface area contributed by atoms with Gasteiger partial charge in [-0.3, -0.25) is 14.3 Å². The second-order valence-electron chi connectivity index (χ2n) is 4.66. The number of H-pyrrole nitrogens is 2. The highest BCUT2D eigenvalue weighted by molar-refractivity contribution is 7.71. The number of nitrogens with one attached hydrogen (secondary N) is 2. The van der Waals surface area contributed by atoms with E-state index in [4.69, 9.17) is 23.8 Å². The van der Waals surface area contributed by atoms with Crippen LogP contribution in [0.2, 0.25) is 5.02 Å². The molecule has 0 radical (unpaired) electrons. The predicted octanol–water partition coefficient (Wildman–Crippen LogP) is 2.81. The van der Waals surface area contributed by atoms with Gasteiger partial charge in [0.05, 0.1) is 6.54 Å². The molecule has 0 fully saturated rings. The first-order valence-electron chi connectivity index (χ1n) is 7.13. The zero-order chi connectivity index (χ0) is 17.1. The minimum absolute atomic E-state index is 0.344. The van der Waals surface area contributed by atoms with Gasteiger partial charge in [0, 0.05) is 12.1 Å². The highest BCUT2D eigenvalue weighted by atomic mass is 35.5. The van der Waals surface area contributed by atoms with Crippen molar-refractivity contribution in [3.8, 4) is 0 Å². The highest BCUT2D eigenvalue weighted by Crippen LogP contribution is 2.13. The maximum Gasteiger partial charge on any atom is 0.329 e. The molecule has 3 aromatic rings. The van der Waals surface area contributed by atoms with Gasteiger partial charge in [-0.05, 0) is 29.9 Å². The minimum atomic E-state index is -0.484. The molecule has 0 aliphatic rings. The quantitative estimate of drug-likeness (QED) is 0.696. The van der Waals surface area contributed by atoms with Gasteiger partial charge in [-0.15, -0.1) is 0 Å². The normalized spacial score (nSPS) is 10.4. The summed E-state index contributed by atoms with van der Waals surface area (Å²) in [7, 11) is 1.57. The van der Waals surface area contributed by atoms with Crippen molar-refractivity contribution in [2.45, 2.75) is 20.4 Å². The van der Waals surface area contributed by atoms with Crippen LogP contribution < -0.4 is 11.2 Å². The predicted molar refractivity (Wildman–Crippen MR) is 94.9 cm³/mol. The summed E-state index contributed by atoms with van der Waals surface area (Å²) in [4.78, 5) is 28.8. The lowest BCUT2D eigenvalue weighted by Crippen LogP contribution is -2.29. The zero-order valence-corrected chi connectivity index (χ0v) is 14.6. The first kappa shape index (κ1) is 17.2. The van der Waals surface area contributed by atoms with Crippen LogP contribution in [0.3, 0.4) is 0 Å². The Morgan fingerprint density at radius 3 is 2.35 bits per heavy atom. The van der Waals surface area contributed by atoms with Crippen molar-refractivity contribution >= 4 is 35.0 Å². The summed E-state index contributed by atoms with van der Waals surface area (Å²) in [6.45, 7) is 4.41. The number of fused-ring (bicyclic) bond motifs is 1. The zero-order valence-electron chi connectivity index (χ0n) is 13.0. The molecular formula is C15H17ClN4O2S. The molecule has 2 heterocycles. The van der Waals surface area contributed by atoms with Gasteiger partial charge >= 0.3 is 5.69 Å². The molecule has 6 nitrogen and oxygen atoms in total. The topological polar surface area (TPSA) is 75.6 Å². The van der Waals surface area contributed by atoms with Gasteiger partial charge < -0.3 is 9.55 Å². The van der Waals surface area contributed by atoms with E-state index in [1.165, 1.54) is 4.57 Å². The van der Waals surface area contributed by atoms with Crippen LogP contribution in [0.4, 0.5) is 0 Å². The van der Waals surface area contributed by atoms with Crippen molar-refractivity contribution in [2.24, 2.45) is 7.05 Å². The van der Waals surface area contributed by atoms with Gasteiger partial charge in [0.1, 0.15) is 5.65 Å². The van der Waals surface area contributed by atoms with Crippen LogP contribution in [0.15, 0.2) is 33.9 Å². The average Bonchev–Trinajstić information content (AvgIpc) is 2.87. The van der Waals surface area contributed by atoms with Crippen LogP contribution in [0.5, 0.6) is 0 Å². The van der Waals surface area contributed by atoms with E-state index in [-0.39, 0.29) is 0 Å². The van der Waals surface area contributed by atoms with Crippen molar-refractivity contribution in [3.63, 3.8) is 0 Å². The summed E-state index contributed by atoms with van der Waals surface area (Å²) < 4.78 is 3.36. The van der Waals surface area contributed by atoms with Crippen LogP contribution in [-0.4, -0.2) is 19.1 Å². The van der Waals surface area contributed by atoms with Crippen LogP contribution in [0.25, 0.3) is 11.2 Å². The molecule has 8 heteroatoms. The Morgan fingerprint density at radius 2 is 1.74 bits per heavy atom. The summed E-state index contributed by atoms with van der Waals surface area (Å²) in [6, 6.07) is 7.27. The standard InChI is InChI=1S/C13H11ClN4O2S.C2H6/c1-17-10-9(11(19)16-12(17)20)18(13(21)15-10)6-7-2-4-8(14)5-3-7;1-2/h2-5H,6H2,1H3,(H,15,21)(H,16,19,20);1-2H3. The van der Waals surface area contributed by atoms with Crippen molar-refractivity contribution in [2.75, 3.05) is 0 Å². The molecule has 2 aromatic heterocycles. The molecule has 0 unspecified atom stereocenters. The molecule has 0 saturated heterocycles. The number of benzene rings is 1. The smallest absolute Gasteiger partial charge is 0.316 e. The van der Waals surface area contributed by atoms with Gasteiger partial charge in [-0.1, -0.05) is 37.6 Å². The molecule has 0 aliphatic carbocycles. The Balaban J connectivity index is 0.000000924. The molecule has 3 rings (SSSR count). The molecule has 23 heavy (non-hydrogen) atoms. The largest absolute Gasteiger partial charge is 0.329 e. The van der Waals surface area contributed by atoms with Gasteiger partial charge in [-0.25, -0.2) is 4.79 Å². The Morgan fingerprint density at radius 1 is 1.13 bits per heavy atom. The summed E-state index contributed by atoms with van der Waals surface area (Å²) >= 11 is 11.1. The van der Waals surface area contributed by atoms with Gasteiger partial charge in [0.25, 0.3) is 5.56 Å². The van der Waals surface area contributed by atoms with Crippen molar-refractivity contribution in [1.82, 2.24) is 19.1 Å². The maximum atomic E-state index is 12.1. The minimum Gasteiger partial charge on any atom is -0.316 e. The van der Waals surface area contributed by atoms with E-state index in [1.807, 2.05) is 26.0 Å². The number of nitrogens with zero attached hydrogens (tertiary/aromatic N) is 2. The number of hydrogen-bond acceptors (Lipinski definition) is 3. The lowest BCUT2D eigenvalue weighted by atomic mass is 10.2. The van der Waals surface area contributed by atoms with E-state index in [2.05, 4.69) is 9.97 Å². The number of imidazole rings is 1. The molecule has 0 spiro atoms. The van der Waals surface area contributed by atoms with Gasteiger partial charge in [-0.2, -0.15) is 0 Å². The summed E-state index contributed by atoms with van der Waals surface area (Å²) in [5.41, 5.74) is 0.751. The number of aryl methyl sites for hydroxylation is 1. The first-order chi connectivity index (χ1) is 11.0. The molecular weight excluding hydrogens is 336 g/mol. The third-order valence-electron chi connectivity index (χ3n) is 3.29. The third-order valence-corrected chi connectivity index (χ3v) is 3.87. The molecule has 0 atom stereocenters. The fourth-order valence-corrected chi connectivity index (χ4v) is 2.57. The van der Waals surface area contributed by atoms with Crippen LogP contribution in [0, 0.1) is 4.77 Å². The monoisotopic (exact) mass is 352 g/mol. The number of aromatic amines is 2. The van der Waals surface area contributed by atoms with Gasteiger partial charge in [0.15, 0.2) is 10.3 Å². The molecule has 2 N–H and O–H groups in total. The Labute approximate surface area is 142 Å². The van der Waals surface area contributed by atoms with Crippen LogP contribution in [-0.2, 0) is 13.6 Å². The molecule has 0 aliphatic heterocycles. The van der Waals surface area contributed by atoms with Crippen LogP contribution in [0.1, 0.15) is 19.4 Å². The molecule has 0 saturated carbocycles. The van der Waals surface area contributed by atoms with E-state index < -0.39 is 11.2 Å². The molecule has 0 amide bonds. The number of halogens is 1. The molecule has 122 valence electrons. The van der Waals surface area contributed by atoms with Crippen molar-refractivity contribution in [1.29, 1.82) is 0 Å².